The summed E-state index contributed by atoms with van der Waals surface area (Å²) in [5, 5.41) is 20.4. The third-order valence-corrected chi connectivity index (χ3v) is 6.80. The molecule has 154 valence electrons. The number of carbonyl (C=O) groups is 4. The molecular weight excluding hydrogens is 396 g/mol. The number of nitrogens with zero attached hydrogens (tertiary/aromatic N) is 2. The van der Waals surface area contributed by atoms with Crippen LogP contribution in [-0.4, -0.2) is 42.1 Å². The largest absolute Gasteiger partial charge is 0.291 e. The van der Waals surface area contributed by atoms with E-state index < -0.39 is 55.0 Å². The van der Waals surface area contributed by atoms with Crippen LogP contribution in [0.1, 0.15) is 68.2 Å². The number of rotatable bonds is 9. The monoisotopic (exact) mass is 424 g/mol. The topological polar surface area (TPSA) is 116 Å². The molecule has 0 radical (unpaired) electrons. The van der Waals surface area contributed by atoms with Gasteiger partial charge in [0.2, 0.25) is 11.6 Å². The lowest BCUT2D eigenvalue weighted by molar-refractivity contribution is -0.136. The minimum absolute atomic E-state index is 0.511. The van der Waals surface area contributed by atoms with Crippen molar-refractivity contribution < 1.29 is 19.2 Å². The summed E-state index contributed by atoms with van der Waals surface area (Å²) in [4.78, 5) is 48.0. The zero-order valence-electron chi connectivity index (χ0n) is 17.8. The Kier molecular flexibility index (Phi) is 8.70. The van der Waals surface area contributed by atoms with E-state index >= 15 is 0 Å². The van der Waals surface area contributed by atoms with Crippen molar-refractivity contribution >= 4 is 46.7 Å². The Bertz CT molecular complexity index is 686. The molecule has 0 aromatic heterocycles. The maximum absolute atomic E-state index is 12.4. The molecule has 0 saturated carbocycles. The van der Waals surface area contributed by atoms with Crippen molar-refractivity contribution in [3.8, 4) is 12.1 Å². The molecule has 0 aromatic carbocycles. The van der Waals surface area contributed by atoms with Gasteiger partial charge in [-0.2, -0.15) is 10.5 Å². The number of Topliss-reactive ketones (excluding diaryl/α,β-unsaturated/α-hetero) is 4. The van der Waals surface area contributed by atoms with Crippen LogP contribution in [0.2, 0.25) is 0 Å². The molecule has 0 heterocycles. The summed E-state index contributed by atoms with van der Waals surface area (Å²) in [5.74, 6) is -3.02. The third-order valence-electron chi connectivity index (χ3n) is 3.58. The molecule has 0 rings (SSSR count). The van der Waals surface area contributed by atoms with Crippen molar-refractivity contribution in [3.05, 3.63) is 0 Å². The maximum atomic E-state index is 12.4. The second-order valence-electron chi connectivity index (χ2n) is 8.62. The highest BCUT2D eigenvalue weighted by molar-refractivity contribution is 8.06. The minimum Gasteiger partial charge on any atom is -0.291 e. The molecule has 0 aliphatic carbocycles. The fraction of sp³-hybridized carbons (Fsp3) is 0.700. The van der Waals surface area contributed by atoms with E-state index in [1.165, 1.54) is 0 Å². The summed E-state index contributed by atoms with van der Waals surface area (Å²) >= 11 is 2.16. The Hall–Kier alpha value is -1.64. The van der Waals surface area contributed by atoms with Crippen LogP contribution in [0.5, 0.6) is 0 Å². The molecule has 0 spiro atoms. The van der Waals surface area contributed by atoms with Gasteiger partial charge in [0.05, 0.1) is 12.1 Å². The molecule has 0 saturated heterocycles. The van der Waals surface area contributed by atoms with Gasteiger partial charge in [0, 0.05) is 36.2 Å². The van der Waals surface area contributed by atoms with Gasteiger partial charge < -0.3 is 0 Å². The highest BCUT2D eigenvalue weighted by atomic mass is 32.2. The summed E-state index contributed by atoms with van der Waals surface area (Å²) in [6.07, 6.45) is -1.02. The van der Waals surface area contributed by atoms with Crippen molar-refractivity contribution in [2.75, 3.05) is 0 Å². The highest BCUT2D eigenvalue weighted by Gasteiger charge is 2.59. The molecule has 0 bridgehead atoms. The standard InChI is InChI=1S/C20H28N2O4S2/c1-13(23)15(25)9-19(11-21,27-17(3,4)5)20(12-22,28-18(6,7)8)10-16(26)14(2)24/h9-10H2,1-8H3. The Morgan fingerprint density at radius 3 is 1.07 bits per heavy atom. The molecule has 0 amide bonds. The van der Waals surface area contributed by atoms with Gasteiger partial charge in [-0.25, -0.2) is 0 Å². The van der Waals surface area contributed by atoms with E-state index in [9.17, 15) is 29.7 Å². The number of ketones is 4. The van der Waals surface area contributed by atoms with Gasteiger partial charge >= 0.3 is 0 Å². The molecule has 0 aliphatic rings. The summed E-state index contributed by atoms with van der Waals surface area (Å²) in [6.45, 7) is 13.1. The zero-order chi connectivity index (χ0) is 22.6. The first-order chi connectivity index (χ1) is 12.4. The van der Waals surface area contributed by atoms with E-state index in [0.717, 1.165) is 37.4 Å². The van der Waals surface area contributed by atoms with E-state index in [4.69, 9.17) is 0 Å². The smallest absolute Gasteiger partial charge is 0.200 e. The summed E-state index contributed by atoms with van der Waals surface area (Å²) < 4.78 is -4.53. The number of nitriles is 2. The molecule has 0 aliphatic heterocycles. The normalized spacial score (nSPS) is 16.1. The van der Waals surface area contributed by atoms with Gasteiger partial charge in [-0.15, -0.1) is 23.5 Å². The average Bonchev–Trinajstić information content (AvgIpc) is 2.50. The second-order valence-corrected chi connectivity index (χ2v) is 12.9. The number of thioether (sulfide) groups is 2. The van der Waals surface area contributed by atoms with Gasteiger partial charge in [0.25, 0.3) is 0 Å². The van der Waals surface area contributed by atoms with Crippen molar-refractivity contribution in [3.63, 3.8) is 0 Å². The molecule has 28 heavy (non-hydrogen) atoms. The van der Waals surface area contributed by atoms with Crippen molar-refractivity contribution in [2.45, 2.75) is 87.2 Å². The first kappa shape index (κ1) is 26.4. The van der Waals surface area contributed by atoms with Crippen LogP contribution in [-0.2, 0) is 19.2 Å². The lowest BCUT2D eigenvalue weighted by atomic mass is 9.83. The number of carbonyl (C=O) groups excluding carboxylic acids is 4. The van der Waals surface area contributed by atoms with E-state index in [-0.39, 0.29) is 0 Å². The average molecular weight is 425 g/mol. The molecule has 2 atom stereocenters. The molecule has 0 N–H and O–H groups in total. The predicted molar refractivity (Wildman–Crippen MR) is 112 cm³/mol. The fourth-order valence-corrected chi connectivity index (χ4v) is 5.98. The molecule has 0 fully saturated rings. The molecule has 6 nitrogen and oxygen atoms in total. The number of hydrogen-bond acceptors (Lipinski definition) is 8. The molecular formula is C20H28N2O4S2. The van der Waals surface area contributed by atoms with Gasteiger partial charge in [0.1, 0.15) is 9.49 Å². The van der Waals surface area contributed by atoms with Crippen molar-refractivity contribution in [1.82, 2.24) is 0 Å². The molecule has 0 aromatic rings. The SMILES string of the molecule is CC(=O)C(=O)CC(C#N)(SC(C)(C)C)C(C#N)(CC(=O)C(C)=O)SC(C)(C)C. The summed E-state index contributed by atoms with van der Waals surface area (Å²) in [5.41, 5.74) is 0. The Morgan fingerprint density at radius 2 is 0.929 bits per heavy atom. The van der Waals surface area contributed by atoms with Crippen LogP contribution in [0.3, 0.4) is 0 Å². The lowest BCUT2D eigenvalue weighted by Crippen LogP contribution is -2.54. The quantitative estimate of drug-likeness (QED) is 0.515. The summed E-state index contributed by atoms with van der Waals surface area (Å²) in [6, 6.07) is 4.20. The van der Waals surface area contributed by atoms with Gasteiger partial charge in [-0.1, -0.05) is 41.5 Å². The second kappa shape index (κ2) is 9.24. The Balaban J connectivity index is 6.88. The van der Waals surface area contributed by atoms with E-state index in [1.54, 1.807) is 0 Å². The fourth-order valence-electron chi connectivity index (χ4n) is 2.57. The lowest BCUT2D eigenvalue weighted by Gasteiger charge is -2.45. The van der Waals surface area contributed by atoms with Crippen LogP contribution in [0, 0.1) is 22.7 Å². The van der Waals surface area contributed by atoms with E-state index in [0.29, 0.717) is 0 Å². The van der Waals surface area contributed by atoms with Crippen LogP contribution in [0.4, 0.5) is 0 Å². The first-order valence-electron chi connectivity index (χ1n) is 8.74. The minimum atomic E-state index is -1.70. The van der Waals surface area contributed by atoms with E-state index in [2.05, 4.69) is 12.1 Å². The third kappa shape index (κ3) is 7.07. The highest BCUT2D eigenvalue weighted by Crippen LogP contribution is 2.55. The maximum Gasteiger partial charge on any atom is 0.200 e. The Labute approximate surface area is 175 Å². The first-order valence-corrected chi connectivity index (χ1v) is 10.4. The van der Waals surface area contributed by atoms with Gasteiger partial charge in [0.15, 0.2) is 11.6 Å². The molecule has 2 unspecified atom stereocenters. The van der Waals surface area contributed by atoms with Crippen LogP contribution < -0.4 is 0 Å². The van der Waals surface area contributed by atoms with Gasteiger partial charge in [-0.05, 0) is 0 Å². The zero-order valence-corrected chi connectivity index (χ0v) is 19.4. The summed E-state index contributed by atoms with van der Waals surface area (Å²) in [7, 11) is 0. The van der Waals surface area contributed by atoms with Crippen molar-refractivity contribution in [1.29, 1.82) is 10.5 Å². The molecule has 8 heteroatoms. The Morgan fingerprint density at radius 1 is 0.679 bits per heavy atom. The van der Waals surface area contributed by atoms with Gasteiger partial charge in [-0.3, -0.25) is 19.2 Å². The predicted octanol–water partition coefficient (Wildman–Crippen LogP) is 3.67. The van der Waals surface area contributed by atoms with Crippen LogP contribution in [0.25, 0.3) is 0 Å². The van der Waals surface area contributed by atoms with E-state index in [1.807, 2.05) is 41.5 Å². The van der Waals surface area contributed by atoms with Crippen molar-refractivity contribution in [2.24, 2.45) is 0 Å². The van der Waals surface area contributed by atoms with Crippen LogP contribution >= 0.6 is 23.5 Å². The van der Waals surface area contributed by atoms with Crippen LogP contribution in [0.15, 0.2) is 0 Å². The number of hydrogen-bond donors (Lipinski definition) is 0.